The molecule has 176 valence electrons. The second-order valence-electron chi connectivity index (χ2n) is 9.36. The fourth-order valence-electron chi connectivity index (χ4n) is 5.34. The quantitative estimate of drug-likeness (QED) is 0.641. The van der Waals surface area contributed by atoms with Crippen molar-refractivity contribution >= 4 is 29.3 Å². The van der Waals surface area contributed by atoms with Crippen molar-refractivity contribution in [2.45, 2.75) is 50.7 Å². The van der Waals surface area contributed by atoms with Crippen LogP contribution in [-0.4, -0.2) is 73.5 Å². The van der Waals surface area contributed by atoms with Crippen molar-refractivity contribution in [3.63, 3.8) is 0 Å². The topological polar surface area (TPSA) is 108 Å². The smallest absolute Gasteiger partial charge is 0.264 e. The van der Waals surface area contributed by atoms with Crippen molar-refractivity contribution in [1.29, 1.82) is 0 Å². The average molecular weight is 455 g/mol. The highest BCUT2D eigenvalue weighted by atomic mass is 16.5. The van der Waals surface area contributed by atoms with Gasteiger partial charge in [0.2, 0.25) is 11.8 Å². The van der Waals surface area contributed by atoms with Gasteiger partial charge in [-0.2, -0.15) is 0 Å². The molecular formula is C24H30N4O5. The Kier molecular flexibility index (Phi) is 6.16. The van der Waals surface area contributed by atoms with Gasteiger partial charge in [0.1, 0.15) is 6.04 Å². The van der Waals surface area contributed by atoms with E-state index >= 15 is 0 Å². The molecule has 9 heteroatoms. The van der Waals surface area contributed by atoms with Gasteiger partial charge >= 0.3 is 0 Å². The predicted molar refractivity (Wildman–Crippen MR) is 120 cm³/mol. The van der Waals surface area contributed by atoms with E-state index in [9.17, 15) is 19.2 Å². The summed E-state index contributed by atoms with van der Waals surface area (Å²) in [7, 11) is 0. The zero-order valence-electron chi connectivity index (χ0n) is 18.7. The molecule has 3 fully saturated rings. The van der Waals surface area contributed by atoms with E-state index < -0.39 is 23.8 Å². The number of hydrogen-bond donors (Lipinski definition) is 2. The number of imide groups is 2. The van der Waals surface area contributed by atoms with E-state index in [1.807, 2.05) is 6.07 Å². The number of nitrogens with one attached hydrogen (secondary N) is 2. The molecule has 4 heterocycles. The molecule has 4 aliphatic heterocycles. The van der Waals surface area contributed by atoms with Gasteiger partial charge in [-0.3, -0.25) is 29.4 Å². The van der Waals surface area contributed by atoms with Crippen molar-refractivity contribution in [2.24, 2.45) is 5.92 Å². The highest BCUT2D eigenvalue weighted by molar-refractivity contribution is 6.25. The lowest BCUT2D eigenvalue weighted by Gasteiger charge is -2.35. The van der Waals surface area contributed by atoms with Gasteiger partial charge < -0.3 is 15.0 Å². The molecule has 0 aliphatic carbocycles. The second-order valence-corrected chi connectivity index (χ2v) is 9.36. The van der Waals surface area contributed by atoms with Crippen LogP contribution >= 0.6 is 0 Å². The first-order chi connectivity index (χ1) is 16.0. The minimum Gasteiger partial charge on any atom is -0.378 e. The van der Waals surface area contributed by atoms with Crippen LogP contribution in [-0.2, 0) is 14.3 Å². The molecule has 0 saturated carbocycles. The lowest BCUT2D eigenvalue weighted by atomic mass is 9.96. The zero-order valence-corrected chi connectivity index (χ0v) is 18.7. The van der Waals surface area contributed by atoms with Gasteiger partial charge in [-0.05, 0) is 63.2 Å². The molecule has 4 aliphatic rings. The summed E-state index contributed by atoms with van der Waals surface area (Å²) in [5.41, 5.74) is 1.45. The zero-order chi connectivity index (χ0) is 22.9. The molecule has 0 spiro atoms. The number of benzene rings is 1. The maximum atomic E-state index is 13.3. The van der Waals surface area contributed by atoms with E-state index in [2.05, 4.69) is 15.5 Å². The maximum Gasteiger partial charge on any atom is 0.264 e. The lowest BCUT2D eigenvalue weighted by Crippen LogP contribution is -2.54. The van der Waals surface area contributed by atoms with Gasteiger partial charge in [0.15, 0.2) is 0 Å². The predicted octanol–water partition coefficient (Wildman–Crippen LogP) is 1.07. The lowest BCUT2D eigenvalue weighted by molar-refractivity contribution is -0.136. The van der Waals surface area contributed by atoms with Gasteiger partial charge in [-0.15, -0.1) is 0 Å². The van der Waals surface area contributed by atoms with E-state index in [-0.39, 0.29) is 18.7 Å². The number of amides is 4. The molecule has 4 amide bonds. The molecule has 9 nitrogen and oxygen atoms in total. The molecule has 1 aromatic carbocycles. The van der Waals surface area contributed by atoms with Crippen molar-refractivity contribution in [2.75, 3.05) is 37.7 Å². The van der Waals surface area contributed by atoms with Crippen molar-refractivity contribution in [3.05, 3.63) is 29.3 Å². The van der Waals surface area contributed by atoms with E-state index in [4.69, 9.17) is 4.74 Å². The van der Waals surface area contributed by atoms with Gasteiger partial charge in [0.05, 0.1) is 22.9 Å². The SMILES string of the molecule is O=C1CCC(N2C(=O)c3cccc(N4CCC(COC5CCNCC5)CC4)c3C2=O)C(=O)N1. The molecule has 1 unspecified atom stereocenters. The van der Waals surface area contributed by atoms with Crippen molar-refractivity contribution in [3.8, 4) is 0 Å². The molecule has 5 rings (SSSR count). The summed E-state index contributed by atoms with van der Waals surface area (Å²) < 4.78 is 6.14. The number of fused-ring (bicyclic) bond motifs is 1. The van der Waals surface area contributed by atoms with Gasteiger partial charge in [-0.25, -0.2) is 0 Å². The number of carbonyl (C=O) groups is 4. The summed E-state index contributed by atoms with van der Waals surface area (Å²) >= 11 is 0. The van der Waals surface area contributed by atoms with Crippen LogP contribution in [0, 0.1) is 5.92 Å². The molecular weight excluding hydrogens is 424 g/mol. The summed E-state index contributed by atoms with van der Waals surface area (Å²) in [5.74, 6) is -1.38. The highest BCUT2D eigenvalue weighted by Crippen LogP contribution is 2.35. The summed E-state index contributed by atoms with van der Waals surface area (Å²) in [6, 6.07) is 4.37. The number of piperidine rings is 3. The van der Waals surface area contributed by atoms with Crippen molar-refractivity contribution in [1.82, 2.24) is 15.5 Å². The monoisotopic (exact) mass is 454 g/mol. The highest BCUT2D eigenvalue weighted by Gasteiger charge is 2.46. The fourth-order valence-corrected chi connectivity index (χ4v) is 5.34. The fraction of sp³-hybridized carbons (Fsp3) is 0.583. The molecule has 33 heavy (non-hydrogen) atoms. The molecule has 3 saturated heterocycles. The molecule has 0 bridgehead atoms. The van der Waals surface area contributed by atoms with E-state index in [0.29, 0.717) is 23.1 Å². The number of anilines is 1. The van der Waals surface area contributed by atoms with Gasteiger partial charge in [0, 0.05) is 26.1 Å². The van der Waals surface area contributed by atoms with Crippen LogP contribution in [0.3, 0.4) is 0 Å². The number of ether oxygens (including phenoxy) is 1. The molecule has 1 atom stereocenters. The van der Waals surface area contributed by atoms with E-state index in [0.717, 1.165) is 69.1 Å². The van der Waals surface area contributed by atoms with Crippen LogP contribution in [0.5, 0.6) is 0 Å². The Bertz CT molecular complexity index is 966. The standard InChI is InChI=1S/C24H30N4O5/c29-20-5-4-19(22(30)26-20)28-23(31)17-2-1-3-18(21(17)24(28)32)27-12-8-15(9-13-27)14-33-16-6-10-25-11-7-16/h1-3,15-16,19,25H,4-14H2,(H,26,29,30). The largest absolute Gasteiger partial charge is 0.378 e. The Morgan fingerprint density at radius 3 is 2.42 bits per heavy atom. The summed E-state index contributed by atoms with van der Waals surface area (Å²) in [6.45, 7) is 4.38. The summed E-state index contributed by atoms with van der Waals surface area (Å²) in [5, 5.41) is 5.60. The minimum atomic E-state index is -0.944. The van der Waals surface area contributed by atoms with E-state index in [1.54, 1.807) is 12.1 Å². The number of carbonyl (C=O) groups excluding carboxylic acids is 4. The third kappa shape index (κ3) is 4.27. The Labute approximate surface area is 192 Å². The Balaban J connectivity index is 1.26. The first-order valence-corrected chi connectivity index (χ1v) is 11.9. The van der Waals surface area contributed by atoms with Crippen LogP contribution < -0.4 is 15.5 Å². The van der Waals surface area contributed by atoms with Gasteiger partial charge in [-0.1, -0.05) is 6.07 Å². The number of nitrogens with zero attached hydrogens (tertiary/aromatic N) is 2. The van der Waals surface area contributed by atoms with Crippen LogP contribution in [0.1, 0.15) is 59.2 Å². The van der Waals surface area contributed by atoms with Crippen LogP contribution in [0.2, 0.25) is 0 Å². The molecule has 0 aromatic heterocycles. The summed E-state index contributed by atoms with van der Waals surface area (Å²) in [6.07, 6.45) is 4.69. The third-order valence-corrected chi connectivity index (χ3v) is 7.26. The first-order valence-electron chi connectivity index (χ1n) is 11.9. The molecule has 0 radical (unpaired) electrons. The number of rotatable bonds is 5. The third-order valence-electron chi connectivity index (χ3n) is 7.26. The first kappa shape index (κ1) is 22.0. The van der Waals surface area contributed by atoms with Crippen LogP contribution in [0.15, 0.2) is 18.2 Å². The van der Waals surface area contributed by atoms with Gasteiger partial charge in [0.25, 0.3) is 11.8 Å². The number of hydrogen-bond acceptors (Lipinski definition) is 7. The van der Waals surface area contributed by atoms with Crippen molar-refractivity contribution < 1.29 is 23.9 Å². The normalized spacial score (nSPS) is 24.9. The minimum absolute atomic E-state index is 0.115. The maximum absolute atomic E-state index is 13.3. The van der Waals surface area contributed by atoms with Crippen LogP contribution in [0.25, 0.3) is 0 Å². The van der Waals surface area contributed by atoms with E-state index in [1.165, 1.54) is 0 Å². The second kappa shape index (κ2) is 9.23. The average Bonchev–Trinajstić information content (AvgIpc) is 3.09. The molecule has 2 N–H and O–H groups in total. The summed E-state index contributed by atoms with van der Waals surface area (Å²) in [4.78, 5) is 53.4. The van der Waals surface area contributed by atoms with Crippen LogP contribution in [0.4, 0.5) is 5.69 Å². The molecule has 1 aromatic rings. The Morgan fingerprint density at radius 2 is 1.70 bits per heavy atom. The Hall–Kier alpha value is -2.78. The Morgan fingerprint density at radius 1 is 0.939 bits per heavy atom.